The molecule has 2 fully saturated rings. The van der Waals surface area contributed by atoms with Crippen molar-refractivity contribution >= 4 is 0 Å². The lowest BCUT2D eigenvalue weighted by molar-refractivity contribution is 0.00392. The minimum absolute atomic E-state index is 0.0207. The van der Waals surface area contributed by atoms with Gasteiger partial charge < -0.3 is 9.47 Å². The SMILES string of the molecule is CN1CCn2c(-c3cccc(F)c3)cnc2C12CCN(CC1CCCCC1)CC2. The minimum atomic E-state index is -0.184. The largest absolute Gasteiger partial charge is 0.325 e. The number of hydrogen-bond acceptors (Lipinski definition) is 3. The lowest BCUT2D eigenvalue weighted by Crippen LogP contribution is -2.56. The average Bonchev–Trinajstić information content (AvgIpc) is 3.18. The molecule has 0 radical (unpaired) electrons. The van der Waals surface area contributed by atoms with Gasteiger partial charge in [-0.2, -0.15) is 0 Å². The van der Waals surface area contributed by atoms with Crippen LogP contribution >= 0.6 is 0 Å². The highest BCUT2D eigenvalue weighted by Gasteiger charge is 2.45. The summed E-state index contributed by atoms with van der Waals surface area (Å²) >= 11 is 0. The van der Waals surface area contributed by atoms with Gasteiger partial charge in [-0.1, -0.05) is 31.4 Å². The van der Waals surface area contributed by atoms with Crippen molar-refractivity contribution in [3.05, 3.63) is 42.1 Å². The number of likely N-dealkylation sites (tertiary alicyclic amines) is 1. The summed E-state index contributed by atoms with van der Waals surface area (Å²) in [5, 5.41) is 0. The van der Waals surface area contributed by atoms with E-state index in [0.29, 0.717) is 0 Å². The average molecular weight is 397 g/mol. The van der Waals surface area contributed by atoms with Crippen LogP contribution in [0.5, 0.6) is 0 Å². The predicted molar refractivity (Wildman–Crippen MR) is 114 cm³/mol. The first-order chi connectivity index (χ1) is 14.2. The van der Waals surface area contributed by atoms with Crippen LogP contribution in [-0.4, -0.2) is 52.6 Å². The molecule has 1 spiro atoms. The number of rotatable bonds is 3. The predicted octanol–water partition coefficient (Wildman–Crippen LogP) is 4.51. The summed E-state index contributed by atoms with van der Waals surface area (Å²) in [5.41, 5.74) is 2.00. The van der Waals surface area contributed by atoms with Crippen molar-refractivity contribution in [2.24, 2.45) is 5.92 Å². The summed E-state index contributed by atoms with van der Waals surface area (Å²) in [6, 6.07) is 6.92. The zero-order valence-electron chi connectivity index (χ0n) is 17.6. The van der Waals surface area contributed by atoms with Crippen LogP contribution in [0.4, 0.5) is 4.39 Å². The summed E-state index contributed by atoms with van der Waals surface area (Å²) in [4.78, 5) is 10.1. The Kier molecular flexibility index (Phi) is 5.21. The van der Waals surface area contributed by atoms with Crippen LogP contribution in [0, 0.1) is 11.7 Å². The number of likely N-dealkylation sites (N-methyl/N-ethyl adjacent to an activating group) is 1. The molecular formula is C24H33FN4. The van der Waals surface area contributed by atoms with Crippen molar-refractivity contribution in [3.63, 3.8) is 0 Å². The molecule has 0 atom stereocenters. The smallest absolute Gasteiger partial charge is 0.129 e. The van der Waals surface area contributed by atoms with Gasteiger partial charge in [0.05, 0.1) is 17.4 Å². The third kappa shape index (κ3) is 3.53. The molecule has 2 aromatic rings. The fourth-order valence-corrected chi connectivity index (χ4v) is 5.93. The zero-order chi connectivity index (χ0) is 19.8. The second-order valence-electron chi connectivity index (χ2n) is 9.39. The van der Waals surface area contributed by atoms with Crippen molar-refractivity contribution in [2.75, 3.05) is 33.2 Å². The van der Waals surface area contributed by atoms with Gasteiger partial charge in [-0.15, -0.1) is 0 Å². The van der Waals surface area contributed by atoms with Crippen molar-refractivity contribution < 1.29 is 4.39 Å². The Morgan fingerprint density at radius 2 is 1.86 bits per heavy atom. The van der Waals surface area contributed by atoms with E-state index in [1.807, 2.05) is 12.3 Å². The van der Waals surface area contributed by atoms with Crippen LogP contribution in [0.15, 0.2) is 30.5 Å². The van der Waals surface area contributed by atoms with E-state index in [0.717, 1.165) is 56.2 Å². The summed E-state index contributed by atoms with van der Waals surface area (Å²) in [5.74, 6) is 1.91. The normalized spacial score (nSPS) is 23.4. The van der Waals surface area contributed by atoms with Gasteiger partial charge >= 0.3 is 0 Å². The topological polar surface area (TPSA) is 24.3 Å². The van der Waals surface area contributed by atoms with E-state index in [1.165, 1.54) is 50.5 Å². The first-order valence-electron chi connectivity index (χ1n) is 11.4. The Labute approximate surface area is 173 Å². The van der Waals surface area contributed by atoms with E-state index in [2.05, 4.69) is 21.4 Å². The van der Waals surface area contributed by atoms with Crippen LogP contribution in [0.25, 0.3) is 11.3 Å². The van der Waals surface area contributed by atoms with Gasteiger partial charge in [-0.25, -0.2) is 9.37 Å². The summed E-state index contributed by atoms with van der Waals surface area (Å²) in [7, 11) is 2.26. The fourth-order valence-electron chi connectivity index (χ4n) is 5.93. The molecule has 1 saturated carbocycles. The third-order valence-corrected chi connectivity index (χ3v) is 7.71. The number of halogens is 1. The Bertz CT molecular complexity index is 846. The van der Waals surface area contributed by atoms with E-state index < -0.39 is 0 Å². The van der Waals surface area contributed by atoms with Gasteiger partial charge in [-0.3, -0.25) is 4.90 Å². The molecule has 1 aromatic carbocycles. The van der Waals surface area contributed by atoms with E-state index in [1.54, 1.807) is 12.1 Å². The molecule has 3 aliphatic rings. The van der Waals surface area contributed by atoms with Crippen LogP contribution in [0.1, 0.15) is 50.8 Å². The molecule has 1 aliphatic carbocycles. The van der Waals surface area contributed by atoms with Crippen LogP contribution in [0.2, 0.25) is 0 Å². The first kappa shape index (κ1) is 19.3. The molecule has 4 nitrogen and oxygen atoms in total. The summed E-state index contributed by atoms with van der Waals surface area (Å²) in [6.07, 6.45) is 11.3. The van der Waals surface area contributed by atoms with Gasteiger partial charge in [0.15, 0.2) is 0 Å². The molecule has 5 heteroatoms. The number of imidazole rings is 1. The highest BCUT2D eigenvalue weighted by Crippen LogP contribution is 2.42. The maximum absolute atomic E-state index is 13.8. The second kappa shape index (κ2) is 7.84. The highest BCUT2D eigenvalue weighted by molar-refractivity contribution is 5.60. The monoisotopic (exact) mass is 396 g/mol. The molecule has 0 unspecified atom stereocenters. The number of benzene rings is 1. The van der Waals surface area contributed by atoms with Crippen LogP contribution < -0.4 is 0 Å². The third-order valence-electron chi connectivity index (χ3n) is 7.71. The number of piperidine rings is 1. The maximum atomic E-state index is 13.8. The molecule has 3 heterocycles. The Hall–Kier alpha value is -1.72. The van der Waals surface area contributed by atoms with Crippen LogP contribution in [-0.2, 0) is 12.1 Å². The molecule has 5 rings (SSSR count). The number of hydrogen-bond donors (Lipinski definition) is 0. The van der Waals surface area contributed by atoms with Gasteiger partial charge in [0.1, 0.15) is 11.6 Å². The lowest BCUT2D eigenvalue weighted by Gasteiger charge is -2.50. The second-order valence-corrected chi connectivity index (χ2v) is 9.39. The molecule has 156 valence electrons. The summed E-state index contributed by atoms with van der Waals surface area (Å²) in [6.45, 7) is 5.54. The molecular weight excluding hydrogens is 363 g/mol. The molecule has 2 aliphatic heterocycles. The van der Waals surface area contributed by atoms with E-state index in [-0.39, 0.29) is 11.4 Å². The Morgan fingerprint density at radius 1 is 1.07 bits per heavy atom. The van der Waals surface area contributed by atoms with Gasteiger partial charge in [-0.05, 0) is 50.8 Å². The number of aromatic nitrogens is 2. The molecule has 1 saturated heterocycles. The highest BCUT2D eigenvalue weighted by atomic mass is 19.1. The van der Waals surface area contributed by atoms with E-state index in [9.17, 15) is 4.39 Å². The quantitative estimate of drug-likeness (QED) is 0.763. The Balaban J connectivity index is 1.36. The molecule has 0 bridgehead atoms. The maximum Gasteiger partial charge on any atom is 0.129 e. The van der Waals surface area contributed by atoms with Crippen molar-refractivity contribution in [1.29, 1.82) is 0 Å². The van der Waals surface area contributed by atoms with Crippen LogP contribution in [0.3, 0.4) is 0 Å². The first-order valence-corrected chi connectivity index (χ1v) is 11.4. The molecule has 1 aromatic heterocycles. The summed E-state index contributed by atoms with van der Waals surface area (Å²) < 4.78 is 16.1. The number of fused-ring (bicyclic) bond motifs is 2. The van der Waals surface area contributed by atoms with Crippen molar-refractivity contribution in [1.82, 2.24) is 19.4 Å². The minimum Gasteiger partial charge on any atom is -0.325 e. The fraction of sp³-hybridized carbons (Fsp3) is 0.625. The lowest BCUT2D eigenvalue weighted by atomic mass is 9.82. The van der Waals surface area contributed by atoms with E-state index in [4.69, 9.17) is 4.98 Å². The van der Waals surface area contributed by atoms with Gasteiger partial charge in [0.2, 0.25) is 0 Å². The molecule has 29 heavy (non-hydrogen) atoms. The molecule has 0 amide bonds. The van der Waals surface area contributed by atoms with Crippen molar-refractivity contribution in [2.45, 2.75) is 57.0 Å². The Morgan fingerprint density at radius 3 is 2.62 bits per heavy atom. The standard InChI is InChI=1S/C24H33FN4/c1-27-14-15-29-22(20-8-5-9-21(25)16-20)17-26-23(29)24(27)10-12-28(13-11-24)18-19-6-3-2-4-7-19/h5,8-9,16-17,19H,2-4,6-7,10-15,18H2,1H3. The zero-order valence-corrected chi connectivity index (χ0v) is 17.6. The number of nitrogens with zero attached hydrogens (tertiary/aromatic N) is 4. The van der Waals surface area contributed by atoms with E-state index >= 15 is 0 Å². The van der Waals surface area contributed by atoms with Gasteiger partial charge in [0, 0.05) is 38.3 Å². The van der Waals surface area contributed by atoms with Gasteiger partial charge in [0.25, 0.3) is 0 Å². The van der Waals surface area contributed by atoms with Crippen molar-refractivity contribution in [3.8, 4) is 11.3 Å². The molecule has 0 N–H and O–H groups in total.